The van der Waals surface area contributed by atoms with E-state index in [1.54, 1.807) is 0 Å². The number of nitrogens with zero attached hydrogens (tertiary/aromatic N) is 2. The quantitative estimate of drug-likeness (QED) is 0.0392. The Morgan fingerprint density at radius 2 is 1.00 bits per heavy atom. The van der Waals surface area contributed by atoms with Gasteiger partial charge in [-0.05, 0) is 0 Å². The van der Waals surface area contributed by atoms with Gasteiger partial charge in [0.2, 0.25) is 0 Å². The van der Waals surface area contributed by atoms with Crippen LogP contribution in [0.3, 0.4) is 0 Å². The number of hydrogen-bond donors (Lipinski definition) is 0. The fourth-order valence-electron chi connectivity index (χ4n) is 7.78. The molecule has 5 heteroatoms. The van der Waals surface area contributed by atoms with Gasteiger partial charge in [0, 0.05) is 0 Å². The molecule has 0 N–H and O–H groups in total. The van der Waals surface area contributed by atoms with Crippen LogP contribution in [0.15, 0.2) is 187 Å². The molecule has 2 nitrogen and oxygen atoms in total. The first-order chi connectivity index (χ1) is 25.2. The van der Waals surface area contributed by atoms with Crippen molar-refractivity contribution in [1.82, 2.24) is 4.57 Å². The van der Waals surface area contributed by atoms with E-state index in [4.69, 9.17) is 0 Å². The van der Waals surface area contributed by atoms with Crippen molar-refractivity contribution in [2.45, 2.75) is 31.6 Å². The summed E-state index contributed by atoms with van der Waals surface area (Å²) in [7, 11) is -2.29. The molecule has 0 spiro atoms. The van der Waals surface area contributed by atoms with Gasteiger partial charge >= 0.3 is 296 Å². The third-order valence-corrected chi connectivity index (χ3v) is 16.6. The maximum Gasteiger partial charge on any atom is -0.107 e. The minimum absolute atomic E-state index is 0. The van der Waals surface area contributed by atoms with Crippen molar-refractivity contribution in [1.29, 1.82) is 0 Å². The van der Waals surface area contributed by atoms with Crippen LogP contribution in [0.5, 0.6) is 0 Å². The average molecular weight is 828 g/mol. The van der Waals surface area contributed by atoms with Crippen molar-refractivity contribution in [3.63, 3.8) is 0 Å². The van der Waals surface area contributed by atoms with E-state index in [0.717, 1.165) is 31.4 Å². The fourth-order valence-corrected chi connectivity index (χ4v) is 14.0. The Kier molecular flexibility index (Phi) is 11.6. The van der Waals surface area contributed by atoms with Crippen molar-refractivity contribution in [2.75, 3.05) is 11.9 Å². The number of rotatable bonds is 12. The number of benzene rings is 7. The van der Waals surface area contributed by atoms with Crippen molar-refractivity contribution in [3.05, 3.63) is 199 Å². The van der Waals surface area contributed by atoms with Gasteiger partial charge in [-0.25, -0.2) is 0 Å². The van der Waals surface area contributed by atoms with Crippen molar-refractivity contribution < 1.29 is 4.57 Å². The summed E-state index contributed by atoms with van der Waals surface area (Å²) in [5, 5.41) is 10.9. The number of hydrogen-bond acceptors (Lipinski definition) is 1. The van der Waals surface area contributed by atoms with Crippen LogP contribution in [0.4, 0.5) is 0 Å². The second-order valence-electron chi connectivity index (χ2n) is 13.6. The summed E-state index contributed by atoms with van der Waals surface area (Å²) in [5.41, 5.74) is 3.94. The van der Waals surface area contributed by atoms with Gasteiger partial charge in [0.25, 0.3) is 0 Å². The standard InChI is InChI=1S/C47H44N2PS.HI/c1-37-34-48(35-38-26-28-40-16-11-13-18-42(40)32-38)47(49(37)36-39-27-29-41-17-12-14-19-43(41)33-39)51-31-15-30-50(44-20-5-2-6-21-44,45-22-7-3-8-23-45)46-24-9-4-10-25-46;/h2-14,16-29,32-34,50H,15,30-31,35-36H2,1H3;1H/q+1;. The Morgan fingerprint density at radius 1 is 0.538 bits per heavy atom. The second kappa shape index (κ2) is 16.6. The molecule has 0 aliphatic heterocycles. The van der Waals surface area contributed by atoms with E-state index in [1.165, 1.54) is 59.4 Å². The number of halogens is 1. The zero-order valence-electron chi connectivity index (χ0n) is 29.6. The average Bonchev–Trinajstić information content (AvgIpc) is 3.48. The van der Waals surface area contributed by atoms with E-state index < -0.39 is 7.26 Å². The molecule has 0 unspecified atom stereocenters. The first-order valence-corrected chi connectivity index (χ1v) is 21.2. The van der Waals surface area contributed by atoms with Gasteiger partial charge in [-0.15, -0.1) is 24.0 Å². The van der Waals surface area contributed by atoms with Crippen LogP contribution < -0.4 is 20.5 Å². The van der Waals surface area contributed by atoms with Crippen molar-refractivity contribution in [2.24, 2.45) is 0 Å². The summed E-state index contributed by atoms with van der Waals surface area (Å²) in [6, 6.07) is 65.1. The molecule has 0 aliphatic carbocycles. The Hall–Kier alpha value is -4.22. The van der Waals surface area contributed by atoms with E-state index in [1.807, 2.05) is 11.8 Å². The van der Waals surface area contributed by atoms with Crippen LogP contribution in [-0.4, -0.2) is 16.5 Å². The number of aryl methyl sites for hydroxylation is 1. The summed E-state index contributed by atoms with van der Waals surface area (Å²) in [6.45, 7) is 3.95. The molecule has 0 amide bonds. The van der Waals surface area contributed by atoms with Gasteiger partial charge in [0.15, 0.2) is 0 Å². The molecular formula is C47H45IN2PS+. The molecule has 0 atom stereocenters. The molecule has 0 radical (unpaired) electrons. The van der Waals surface area contributed by atoms with Crippen LogP contribution in [0.25, 0.3) is 21.5 Å². The zero-order valence-corrected chi connectivity index (χ0v) is 33.7. The maximum atomic E-state index is 2.53. The smallest absolute Gasteiger partial charge is 0.107 e. The van der Waals surface area contributed by atoms with Gasteiger partial charge < -0.3 is 0 Å². The zero-order chi connectivity index (χ0) is 34.5. The number of imidazole rings is 1. The fraction of sp³-hybridized carbons (Fsp3) is 0.128. The molecule has 52 heavy (non-hydrogen) atoms. The van der Waals surface area contributed by atoms with E-state index in [-0.39, 0.29) is 24.0 Å². The molecule has 8 aromatic rings. The van der Waals surface area contributed by atoms with E-state index in [9.17, 15) is 0 Å². The van der Waals surface area contributed by atoms with Gasteiger partial charge in [-0.2, -0.15) is 0 Å². The molecule has 7 aromatic carbocycles. The molecule has 8 rings (SSSR count). The van der Waals surface area contributed by atoms with E-state index in [0.29, 0.717) is 0 Å². The number of thioether (sulfide) groups is 1. The van der Waals surface area contributed by atoms with E-state index >= 15 is 0 Å². The Labute approximate surface area is 329 Å². The van der Waals surface area contributed by atoms with Gasteiger partial charge in [0.05, 0.1) is 0 Å². The topological polar surface area (TPSA) is 8.81 Å². The summed E-state index contributed by atoms with van der Waals surface area (Å²) < 4.78 is 5.02. The van der Waals surface area contributed by atoms with Gasteiger partial charge in [0.1, 0.15) is 0 Å². The molecule has 0 saturated heterocycles. The SMILES string of the molecule is Cc1cn(Cc2ccc3ccccc3c2)c(SCCC[PH](c2ccccc2)(c2ccccc2)c2ccccc2)[n+]1Cc1ccc2ccccc2c1.I. The molecule has 1 aromatic heterocycles. The van der Waals surface area contributed by atoms with Crippen LogP contribution in [0.1, 0.15) is 23.2 Å². The first kappa shape index (κ1) is 36.2. The summed E-state index contributed by atoms with van der Waals surface area (Å²) in [6.07, 6.45) is 4.62. The minimum atomic E-state index is -2.29. The largest absolute Gasteiger partial charge is 0.107 e. The molecule has 0 fully saturated rings. The van der Waals surface area contributed by atoms with Crippen molar-refractivity contribution in [3.8, 4) is 0 Å². The Morgan fingerprint density at radius 3 is 1.54 bits per heavy atom. The predicted molar refractivity (Wildman–Crippen MR) is 238 cm³/mol. The number of fused-ring (bicyclic) bond motifs is 2. The molecule has 1 heterocycles. The van der Waals surface area contributed by atoms with E-state index in [2.05, 4.69) is 198 Å². The van der Waals surface area contributed by atoms with Crippen molar-refractivity contribution >= 4 is 80.5 Å². The molecule has 0 saturated carbocycles. The monoisotopic (exact) mass is 827 g/mol. The Bertz CT molecular complexity index is 2300. The molecule has 260 valence electrons. The first-order valence-electron chi connectivity index (χ1n) is 18.0. The van der Waals surface area contributed by atoms with Crippen LogP contribution in [0.2, 0.25) is 0 Å². The summed E-state index contributed by atoms with van der Waals surface area (Å²) >= 11 is 2.01. The minimum Gasteiger partial charge on any atom is -0.107 e. The Balaban J connectivity index is 0.00000420. The van der Waals surface area contributed by atoms with Crippen LogP contribution >= 0.6 is 43.0 Å². The molecular weight excluding hydrogens is 782 g/mol. The van der Waals surface area contributed by atoms with Gasteiger partial charge in [-0.1, -0.05) is 12.1 Å². The number of aromatic nitrogens is 2. The summed E-state index contributed by atoms with van der Waals surface area (Å²) in [5.74, 6) is 1.04. The third kappa shape index (κ3) is 7.62. The second-order valence-corrected chi connectivity index (χ2v) is 18.7. The maximum absolute atomic E-state index is 2.53. The molecule has 0 aliphatic rings. The van der Waals surface area contributed by atoms with Crippen LogP contribution in [-0.2, 0) is 13.1 Å². The molecule has 0 bridgehead atoms. The van der Waals surface area contributed by atoms with Gasteiger partial charge in [-0.3, -0.25) is 0 Å². The predicted octanol–water partition coefficient (Wildman–Crippen LogP) is 10.3. The normalized spacial score (nSPS) is 11.8. The third-order valence-electron chi connectivity index (χ3n) is 10.3. The summed E-state index contributed by atoms with van der Waals surface area (Å²) in [4.78, 5) is 0. The van der Waals surface area contributed by atoms with Crippen LogP contribution in [0, 0.1) is 6.92 Å².